The molecule has 0 atom stereocenters. The van der Waals surface area contributed by atoms with Crippen LogP contribution in [0.25, 0.3) is 0 Å². The molecule has 2 rings (SSSR count). The van der Waals surface area contributed by atoms with Crippen LogP contribution in [0.1, 0.15) is 39.5 Å². The van der Waals surface area contributed by atoms with E-state index in [4.69, 9.17) is 10.5 Å². The summed E-state index contributed by atoms with van der Waals surface area (Å²) in [4.78, 5) is 14.5. The number of ether oxygens (including phenoxy) is 1. The molecule has 0 bridgehead atoms. The normalized spacial score (nSPS) is 23.8. The Morgan fingerprint density at radius 2 is 1.90 bits per heavy atom. The third-order valence-corrected chi connectivity index (χ3v) is 4.43. The molecule has 5 nitrogen and oxygen atoms in total. The van der Waals surface area contributed by atoms with E-state index in [9.17, 15) is 4.79 Å². The van der Waals surface area contributed by atoms with Crippen molar-refractivity contribution in [2.24, 2.45) is 5.73 Å². The average molecular weight is 342 g/mol. The van der Waals surface area contributed by atoms with Crippen molar-refractivity contribution in [3.05, 3.63) is 0 Å². The first-order valence-corrected chi connectivity index (χ1v) is 7.34. The molecule has 0 aromatic heterocycles. The number of morpholine rings is 1. The second-order valence-corrected chi connectivity index (χ2v) is 6.47. The molecule has 7 heteroatoms. The minimum atomic E-state index is -0.611. The fourth-order valence-corrected chi connectivity index (χ4v) is 3.02. The molecule has 1 saturated heterocycles. The second-order valence-electron chi connectivity index (χ2n) is 6.47. The number of halogens is 2. The number of rotatable bonds is 4. The van der Waals surface area contributed by atoms with Gasteiger partial charge in [-0.3, -0.25) is 9.69 Å². The molecule has 0 aromatic rings. The van der Waals surface area contributed by atoms with Gasteiger partial charge in [0.25, 0.3) is 0 Å². The summed E-state index contributed by atoms with van der Waals surface area (Å²) < 4.78 is 5.49. The van der Waals surface area contributed by atoms with Gasteiger partial charge in [0.1, 0.15) is 0 Å². The molecular weight excluding hydrogens is 313 g/mol. The molecule has 3 N–H and O–H groups in total. The molecule has 1 saturated carbocycles. The summed E-state index contributed by atoms with van der Waals surface area (Å²) in [7, 11) is 0. The summed E-state index contributed by atoms with van der Waals surface area (Å²) in [5.41, 5.74) is 5.57. The van der Waals surface area contributed by atoms with Crippen molar-refractivity contribution < 1.29 is 9.53 Å². The molecule has 126 valence electrons. The standard InChI is InChI=1S/C14H27N3O2.2ClH/c1-13(2)11-19-10-9-17(13)8-7-16-12(18)14(15)5-3-4-6-14;;/h3-11,15H2,1-2H3,(H,16,18);2*1H. The van der Waals surface area contributed by atoms with Gasteiger partial charge in [-0.1, -0.05) is 12.8 Å². The Bertz CT molecular complexity index is 334. The monoisotopic (exact) mass is 341 g/mol. The smallest absolute Gasteiger partial charge is 0.240 e. The van der Waals surface area contributed by atoms with Gasteiger partial charge in [0, 0.05) is 25.2 Å². The Morgan fingerprint density at radius 1 is 1.29 bits per heavy atom. The fourth-order valence-electron chi connectivity index (χ4n) is 3.02. The predicted octanol–water partition coefficient (Wildman–Crippen LogP) is 1.33. The lowest BCUT2D eigenvalue weighted by Crippen LogP contribution is -2.57. The van der Waals surface area contributed by atoms with E-state index in [0.29, 0.717) is 6.54 Å². The highest BCUT2D eigenvalue weighted by atomic mass is 35.5. The molecular formula is C14H29Cl2N3O2. The van der Waals surface area contributed by atoms with Crippen LogP contribution in [0.3, 0.4) is 0 Å². The highest BCUT2D eigenvalue weighted by Gasteiger charge is 2.37. The van der Waals surface area contributed by atoms with Crippen LogP contribution in [0.2, 0.25) is 0 Å². The first-order chi connectivity index (χ1) is 8.94. The second kappa shape index (κ2) is 8.53. The molecule has 0 radical (unpaired) electrons. The van der Waals surface area contributed by atoms with E-state index in [0.717, 1.165) is 52.0 Å². The van der Waals surface area contributed by atoms with Gasteiger partial charge in [-0.2, -0.15) is 0 Å². The minimum absolute atomic E-state index is 0. The van der Waals surface area contributed by atoms with E-state index >= 15 is 0 Å². The van der Waals surface area contributed by atoms with Gasteiger partial charge in [0.15, 0.2) is 0 Å². The van der Waals surface area contributed by atoms with Crippen LogP contribution in [0, 0.1) is 0 Å². The number of carbonyl (C=O) groups is 1. The molecule has 2 fully saturated rings. The lowest BCUT2D eigenvalue weighted by Gasteiger charge is -2.42. The Labute approximate surface area is 140 Å². The van der Waals surface area contributed by atoms with Crippen molar-refractivity contribution in [2.45, 2.75) is 50.6 Å². The molecule has 1 aliphatic carbocycles. The molecule has 1 amide bonds. The highest BCUT2D eigenvalue weighted by molar-refractivity contribution is 5.86. The van der Waals surface area contributed by atoms with Crippen LogP contribution in [0.4, 0.5) is 0 Å². The Hall–Kier alpha value is -0.0700. The third-order valence-electron chi connectivity index (χ3n) is 4.43. The van der Waals surface area contributed by atoms with Gasteiger partial charge in [-0.25, -0.2) is 0 Å². The summed E-state index contributed by atoms with van der Waals surface area (Å²) in [5, 5.41) is 3.00. The summed E-state index contributed by atoms with van der Waals surface area (Å²) in [6, 6.07) is 0. The Balaban J connectivity index is 0.00000200. The van der Waals surface area contributed by atoms with E-state index in [-0.39, 0.29) is 36.3 Å². The van der Waals surface area contributed by atoms with Crippen molar-refractivity contribution in [1.29, 1.82) is 0 Å². The topological polar surface area (TPSA) is 67.6 Å². The zero-order valence-electron chi connectivity index (χ0n) is 13.0. The lowest BCUT2D eigenvalue weighted by molar-refractivity contribution is -0.126. The van der Waals surface area contributed by atoms with Crippen LogP contribution in [0.15, 0.2) is 0 Å². The number of carbonyl (C=O) groups excluding carboxylic acids is 1. The lowest BCUT2D eigenvalue weighted by atomic mass is 9.98. The minimum Gasteiger partial charge on any atom is -0.378 e. The predicted molar refractivity (Wildman–Crippen MR) is 89.4 cm³/mol. The first kappa shape index (κ1) is 20.9. The van der Waals surface area contributed by atoms with Crippen molar-refractivity contribution in [1.82, 2.24) is 10.2 Å². The zero-order valence-corrected chi connectivity index (χ0v) is 14.7. The average Bonchev–Trinajstić information content (AvgIpc) is 2.79. The van der Waals surface area contributed by atoms with Gasteiger partial charge in [0.05, 0.1) is 18.8 Å². The number of nitrogens with two attached hydrogens (primary N) is 1. The maximum absolute atomic E-state index is 12.1. The molecule has 1 heterocycles. The van der Waals surface area contributed by atoms with Crippen molar-refractivity contribution in [3.63, 3.8) is 0 Å². The molecule has 21 heavy (non-hydrogen) atoms. The van der Waals surface area contributed by atoms with Gasteiger partial charge in [-0.15, -0.1) is 24.8 Å². The Kier molecular flexibility index (Phi) is 8.50. The maximum Gasteiger partial charge on any atom is 0.240 e. The molecule has 2 aliphatic rings. The quantitative estimate of drug-likeness (QED) is 0.809. The van der Waals surface area contributed by atoms with Crippen LogP contribution in [-0.4, -0.2) is 54.7 Å². The number of amides is 1. The van der Waals surface area contributed by atoms with Crippen molar-refractivity contribution in [3.8, 4) is 0 Å². The largest absolute Gasteiger partial charge is 0.378 e. The number of hydrogen-bond donors (Lipinski definition) is 2. The number of hydrogen-bond acceptors (Lipinski definition) is 4. The van der Waals surface area contributed by atoms with Gasteiger partial charge >= 0.3 is 0 Å². The van der Waals surface area contributed by atoms with E-state index < -0.39 is 5.54 Å². The van der Waals surface area contributed by atoms with Crippen LogP contribution >= 0.6 is 24.8 Å². The zero-order chi connectivity index (χ0) is 13.9. The van der Waals surface area contributed by atoms with Gasteiger partial charge in [-0.05, 0) is 26.7 Å². The molecule has 1 aliphatic heterocycles. The summed E-state index contributed by atoms with van der Waals surface area (Å²) >= 11 is 0. The summed E-state index contributed by atoms with van der Waals surface area (Å²) in [6.07, 6.45) is 3.78. The Morgan fingerprint density at radius 3 is 2.48 bits per heavy atom. The van der Waals surface area contributed by atoms with E-state index in [2.05, 4.69) is 24.1 Å². The van der Waals surface area contributed by atoms with E-state index in [1.165, 1.54) is 0 Å². The van der Waals surface area contributed by atoms with Crippen molar-refractivity contribution >= 4 is 30.7 Å². The first-order valence-electron chi connectivity index (χ1n) is 7.34. The maximum atomic E-state index is 12.1. The molecule has 0 spiro atoms. The van der Waals surface area contributed by atoms with Crippen LogP contribution in [0.5, 0.6) is 0 Å². The molecule has 0 aromatic carbocycles. The number of nitrogens with zero attached hydrogens (tertiary/aromatic N) is 1. The highest BCUT2D eigenvalue weighted by Crippen LogP contribution is 2.27. The summed E-state index contributed by atoms with van der Waals surface area (Å²) in [5.74, 6) is 0.0241. The SMILES string of the molecule is CC1(C)COCCN1CCNC(=O)C1(N)CCCC1.Cl.Cl. The summed E-state index contributed by atoms with van der Waals surface area (Å²) in [6.45, 7) is 8.33. The van der Waals surface area contributed by atoms with E-state index in [1.54, 1.807) is 0 Å². The number of nitrogens with one attached hydrogen (secondary N) is 1. The van der Waals surface area contributed by atoms with Gasteiger partial charge in [0.2, 0.25) is 5.91 Å². The van der Waals surface area contributed by atoms with E-state index in [1.807, 2.05) is 0 Å². The fraction of sp³-hybridized carbons (Fsp3) is 0.929. The van der Waals surface area contributed by atoms with Gasteiger partial charge < -0.3 is 15.8 Å². The third kappa shape index (κ3) is 5.25. The molecule has 0 unspecified atom stereocenters. The van der Waals surface area contributed by atoms with Crippen LogP contribution < -0.4 is 11.1 Å². The van der Waals surface area contributed by atoms with Crippen molar-refractivity contribution in [2.75, 3.05) is 32.8 Å². The van der Waals surface area contributed by atoms with Crippen LogP contribution in [-0.2, 0) is 9.53 Å².